The molecule has 4 rings (SSSR count). The summed E-state index contributed by atoms with van der Waals surface area (Å²) in [5.41, 5.74) is 3.17. The molecule has 3 aromatic rings. The number of aromatic nitrogens is 1. The minimum atomic E-state index is -0.386. The maximum atomic E-state index is 12.8. The summed E-state index contributed by atoms with van der Waals surface area (Å²) < 4.78 is 16.1. The summed E-state index contributed by atoms with van der Waals surface area (Å²) in [6.07, 6.45) is 3.31. The SMILES string of the molecule is CCOc1ccc(C2=NN(Cc3ccc(NC(=O)c4cnco4)cc3)C(=O)SC2CC)cc1OC. The Kier molecular flexibility index (Phi) is 7.71. The van der Waals surface area contributed by atoms with Gasteiger partial charge in [-0.2, -0.15) is 5.10 Å². The van der Waals surface area contributed by atoms with Crippen LogP contribution in [0, 0.1) is 0 Å². The molecule has 0 spiro atoms. The molecule has 10 heteroatoms. The van der Waals surface area contributed by atoms with E-state index in [2.05, 4.69) is 10.3 Å². The number of nitrogens with one attached hydrogen (secondary N) is 1. The Morgan fingerprint density at radius 1 is 1.17 bits per heavy atom. The van der Waals surface area contributed by atoms with Crippen molar-refractivity contribution in [1.82, 2.24) is 9.99 Å². The van der Waals surface area contributed by atoms with Gasteiger partial charge in [-0.05, 0) is 49.2 Å². The Morgan fingerprint density at radius 3 is 2.63 bits per heavy atom. The lowest BCUT2D eigenvalue weighted by atomic mass is 10.0. The van der Waals surface area contributed by atoms with E-state index in [-0.39, 0.29) is 22.2 Å². The molecule has 35 heavy (non-hydrogen) atoms. The van der Waals surface area contributed by atoms with Crippen LogP contribution in [-0.4, -0.2) is 45.8 Å². The number of thioether (sulfide) groups is 1. The molecule has 0 fully saturated rings. The highest BCUT2D eigenvalue weighted by atomic mass is 32.2. The number of amides is 2. The molecule has 182 valence electrons. The Balaban J connectivity index is 1.52. The summed E-state index contributed by atoms with van der Waals surface area (Å²) in [5.74, 6) is 1.03. The highest BCUT2D eigenvalue weighted by Crippen LogP contribution is 2.34. The number of methoxy groups -OCH3 is 1. The van der Waals surface area contributed by atoms with Gasteiger partial charge in [-0.1, -0.05) is 30.8 Å². The molecule has 1 N–H and O–H groups in total. The molecule has 2 aromatic carbocycles. The zero-order valence-corrected chi connectivity index (χ0v) is 20.5. The van der Waals surface area contributed by atoms with Gasteiger partial charge in [0.15, 0.2) is 17.9 Å². The second-order valence-electron chi connectivity index (χ2n) is 7.64. The van der Waals surface area contributed by atoms with E-state index in [1.54, 1.807) is 19.2 Å². The molecule has 0 aliphatic carbocycles. The van der Waals surface area contributed by atoms with Crippen molar-refractivity contribution >= 4 is 34.3 Å². The van der Waals surface area contributed by atoms with Crippen LogP contribution >= 0.6 is 11.8 Å². The maximum Gasteiger partial charge on any atom is 0.302 e. The number of ether oxygens (including phenoxy) is 2. The van der Waals surface area contributed by atoms with Crippen molar-refractivity contribution in [2.45, 2.75) is 32.1 Å². The number of carbonyl (C=O) groups excluding carboxylic acids is 2. The average molecular weight is 495 g/mol. The van der Waals surface area contributed by atoms with Gasteiger partial charge in [0.1, 0.15) is 0 Å². The number of hydrogen-bond donors (Lipinski definition) is 1. The summed E-state index contributed by atoms with van der Waals surface area (Å²) in [5, 5.41) is 8.77. The molecule has 2 heterocycles. The fourth-order valence-electron chi connectivity index (χ4n) is 3.58. The lowest BCUT2D eigenvalue weighted by Gasteiger charge is -2.28. The first kappa shape index (κ1) is 24.3. The molecule has 1 atom stereocenters. The van der Waals surface area contributed by atoms with Gasteiger partial charge in [0.05, 0.1) is 37.4 Å². The lowest BCUT2D eigenvalue weighted by Crippen LogP contribution is -2.34. The van der Waals surface area contributed by atoms with Crippen molar-refractivity contribution in [3.8, 4) is 11.5 Å². The molecule has 2 amide bonds. The number of nitrogens with zero attached hydrogens (tertiary/aromatic N) is 3. The quantitative estimate of drug-likeness (QED) is 0.436. The van der Waals surface area contributed by atoms with Crippen LogP contribution in [0.25, 0.3) is 0 Å². The van der Waals surface area contributed by atoms with Crippen molar-refractivity contribution in [1.29, 1.82) is 0 Å². The van der Waals surface area contributed by atoms with Crippen LogP contribution in [0.2, 0.25) is 0 Å². The highest BCUT2D eigenvalue weighted by Gasteiger charge is 2.30. The fourth-order valence-corrected chi connectivity index (χ4v) is 4.51. The number of rotatable bonds is 9. The van der Waals surface area contributed by atoms with Gasteiger partial charge >= 0.3 is 5.24 Å². The van der Waals surface area contributed by atoms with E-state index < -0.39 is 0 Å². The zero-order valence-electron chi connectivity index (χ0n) is 19.7. The van der Waals surface area contributed by atoms with E-state index >= 15 is 0 Å². The first-order valence-corrected chi connectivity index (χ1v) is 12.1. The number of oxazole rings is 1. The Labute approximate surface area is 207 Å². The standard InChI is InChI=1S/C25H26N4O5S/c1-4-22-23(17-8-11-19(33-5-2)20(12-17)32-3)28-29(25(31)35-22)14-16-6-9-18(10-7-16)27-24(30)21-13-26-15-34-21/h6-13,15,22H,4-5,14H2,1-3H3,(H,27,30). The van der Waals surface area contributed by atoms with E-state index in [1.807, 2.05) is 44.2 Å². The number of hydrazone groups is 1. The molecule has 1 unspecified atom stereocenters. The van der Waals surface area contributed by atoms with Gasteiger partial charge in [-0.25, -0.2) is 9.99 Å². The second kappa shape index (κ2) is 11.1. The molecule has 9 nitrogen and oxygen atoms in total. The molecule has 0 saturated heterocycles. The van der Waals surface area contributed by atoms with Crippen LogP contribution in [0.3, 0.4) is 0 Å². The largest absolute Gasteiger partial charge is 0.493 e. The summed E-state index contributed by atoms with van der Waals surface area (Å²) in [6, 6.07) is 12.9. The van der Waals surface area contributed by atoms with Gasteiger partial charge in [0.2, 0.25) is 5.76 Å². The second-order valence-corrected chi connectivity index (χ2v) is 8.79. The summed E-state index contributed by atoms with van der Waals surface area (Å²) >= 11 is 1.27. The van der Waals surface area contributed by atoms with Gasteiger partial charge < -0.3 is 19.2 Å². The summed E-state index contributed by atoms with van der Waals surface area (Å²) in [4.78, 5) is 28.7. The molecule has 1 aliphatic rings. The van der Waals surface area contributed by atoms with Gasteiger partial charge in [0, 0.05) is 11.3 Å². The van der Waals surface area contributed by atoms with E-state index in [9.17, 15) is 9.59 Å². The highest BCUT2D eigenvalue weighted by molar-refractivity contribution is 8.14. The monoisotopic (exact) mass is 494 g/mol. The normalized spacial score (nSPS) is 15.5. The third-order valence-electron chi connectivity index (χ3n) is 5.32. The Hall–Kier alpha value is -3.79. The fraction of sp³-hybridized carbons (Fsp3) is 0.280. The third kappa shape index (κ3) is 5.65. The van der Waals surface area contributed by atoms with Crippen LogP contribution in [-0.2, 0) is 6.54 Å². The third-order valence-corrected chi connectivity index (χ3v) is 6.57. The molecule has 0 bridgehead atoms. The van der Waals surface area contributed by atoms with E-state index in [4.69, 9.17) is 19.0 Å². The molecular formula is C25H26N4O5S. The lowest BCUT2D eigenvalue weighted by molar-refractivity contribution is 0.0996. The molecular weight excluding hydrogens is 468 g/mol. The van der Waals surface area contributed by atoms with E-state index in [1.165, 1.54) is 29.4 Å². The van der Waals surface area contributed by atoms with Gasteiger partial charge in [0.25, 0.3) is 5.91 Å². The van der Waals surface area contributed by atoms with Crippen molar-refractivity contribution < 1.29 is 23.5 Å². The van der Waals surface area contributed by atoms with Crippen molar-refractivity contribution in [2.24, 2.45) is 5.10 Å². The minimum Gasteiger partial charge on any atom is -0.493 e. The van der Waals surface area contributed by atoms with Crippen LogP contribution < -0.4 is 14.8 Å². The number of benzene rings is 2. The number of hydrogen-bond acceptors (Lipinski definition) is 8. The van der Waals surface area contributed by atoms with E-state index in [0.717, 1.165) is 23.3 Å². The molecule has 1 aliphatic heterocycles. The maximum absolute atomic E-state index is 12.8. The van der Waals surface area contributed by atoms with Crippen molar-refractivity contribution in [3.63, 3.8) is 0 Å². The first-order chi connectivity index (χ1) is 17.0. The Morgan fingerprint density at radius 2 is 1.97 bits per heavy atom. The first-order valence-electron chi connectivity index (χ1n) is 11.2. The average Bonchev–Trinajstić information content (AvgIpc) is 3.42. The van der Waals surface area contributed by atoms with Crippen molar-refractivity contribution in [3.05, 3.63) is 71.9 Å². The van der Waals surface area contributed by atoms with Crippen LogP contribution in [0.4, 0.5) is 10.5 Å². The van der Waals surface area contributed by atoms with Gasteiger partial charge in [-0.3, -0.25) is 9.59 Å². The van der Waals surface area contributed by atoms with Crippen molar-refractivity contribution in [2.75, 3.05) is 19.0 Å². The molecule has 0 saturated carbocycles. The minimum absolute atomic E-state index is 0.0601. The number of carbonyl (C=O) groups is 2. The van der Waals surface area contributed by atoms with Crippen LogP contribution in [0.5, 0.6) is 11.5 Å². The predicted molar refractivity (Wildman–Crippen MR) is 134 cm³/mol. The van der Waals surface area contributed by atoms with Crippen LogP contribution in [0.1, 0.15) is 41.9 Å². The topological polar surface area (TPSA) is 106 Å². The summed E-state index contributed by atoms with van der Waals surface area (Å²) in [7, 11) is 1.60. The molecule has 1 aromatic heterocycles. The molecule has 0 radical (unpaired) electrons. The summed E-state index contributed by atoms with van der Waals surface area (Å²) in [6.45, 7) is 4.79. The van der Waals surface area contributed by atoms with Gasteiger partial charge in [-0.15, -0.1) is 0 Å². The number of anilines is 1. The predicted octanol–water partition coefficient (Wildman–Crippen LogP) is 5.19. The Bertz CT molecular complexity index is 1210. The zero-order chi connectivity index (χ0) is 24.8. The van der Waals surface area contributed by atoms with Crippen LogP contribution in [0.15, 0.2) is 64.6 Å². The van der Waals surface area contributed by atoms with E-state index in [0.29, 0.717) is 30.3 Å². The smallest absolute Gasteiger partial charge is 0.302 e.